The molecule has 0 N–H and O–H groups in total. The van der Waals surface area contributed by atoms with Crippen LogP contribution in [0.15, 0.2) is 84.9 Å². The summed E-state index contributed by atoms with van der Waals surface area (Å²) in [7, 11) is 0. The van der Waals surface area contributed by atoms with Gasteiger partial charge in [0.15, 0.2) is 0 Å². The molecular weight excluding hydrogens is 341 g/mol. The van der Waals surface area contributed by atoms with Crippen molar-refractivity contribution in [2.75, 3.05) is 0 Å². The summed E-state index contributed by atoms with van der Waals surface area (Å²) in [5.74, 6) is -0.254. The second-order valence-electron chi connectivity index (χ2n) is 6.21. The first-order valence-corrected chi connectivity index (χ1v) is 9.37. The van der Waals surface area contributed by atoms with E-state index in [0.29, 0.717) is 0 Å². The Morgan fingerprint density at radius 2 is 1.35 bits per heavy atom. The Bertz CT molecular complexity index is 992. The first kappa shape index (κ1) is 16.7. The van der Waals surface area contributed by atoms with Gasteiger partial charge in [0.25, 0.3) is 0 Å². The summed E-state index contributed by atoms with van der Waals surface area (Å²) in [5.41, 5.74) is 4.38. The van der Waals surface area contributed by atoms with E-state index in [2.05, 4.69) is 24.3 Å². The van der Waals surface area contributed by atoms with Crippen molar-refractivity contribution in [2.45, 2.75) is 12.8 Å². The molecule has 0 fully saturated rings. The van der Waals surface area contributed by atoms with Crippen LogP contribution in [0.4, 0.5) is 4.39 Å². The topological polar surface area (TPSA) is 12.9 Å². The van der Waals surface area contributed by atoms with Gasteiger partial charge in [-0.25, -0.2) is 9.37 Å². The minimum Gasteiger partial charge on any atom is -0.245 e. The molecule has 3 heteroatoms. The number of halogens is 1. The van der Waals surface area contributed by atoms with Crippen LogP contribution in [0.1, 0.15) is 27.7 Å². The highest BCUT2D eigenvalue weighted by atomic mass is 32.1. The molecule has 0 amide bonds. The Balaban J connectivity index is 1.92. The fourth-order valence-corrected chi connectivity index (χ4v) is 4.21. The summed E-state index contributed by atoms with van der Waals surface area (Å²) >= 11 is 1.70. The third-order valence-corrected chi connectivity index (χ3v) is 5.44. The average molecular weight is 359 g/mol. The predicted molar refractivity (Wildman–Crippen MR) is 106 cm³/mol. The van der Waals surface area contributed by atoms with E-state index in [-0.39, 0.29) is 11.7 Å². The lowest BCUT2D eigenvalue weighted by atomic mass is 9.87. The molecule has 1 nitrogen and oxygen atoms in total. The highest BCUT2D eigenvalue weighted by molar-refractivity contribution is 7.15. The highest BCUT2D eigenvalue weighted by Crippen LogP contribution is 2.40. The van der Waals surface area contributed by atoms with Crippen LogP contribution >= 0.6 is 11.3 Å². The van der Waals surface area contributed by atoms with Crippen molar-refractivity contribution in [3.05, 3.63) is 113 Å². The van der Waals surface area contributed by atoms with Gasteiger partial charge in [-0.15, -0.1) is 11.3 Å². The highest BCUT2D eigenvalue weighted by Gasteiger charge is 2.24. The zero-order valence-corrected chi connectivity index (χ0v) is 15.2. The molecule has 0 spiro atoms. The second-order valence-corrected chi connectivity index (χ2v) is 7.41. The number of nitrogens with zero attached hydrogens (tertiary/aromatic N) is 1. The first-order chi connectivity index (χ1) is 12.7. The lowest BCUT2D eigenvalue weighted by Gasteiger charge is -2.18. The van der Waals surface area contributed by atoms with Gasteiger partial charge in [-0.2, -0.15) is 0 Å². The van der Waals surface area contributed by atoms with Crippen LogP contribution in [-0.4, -0.2) is 4.98 Å². The van der Waals surface area contributed by atoms with E-state index in [4.69, 9.17) is 4.98 Å². The summed E-state index contributed by atoms with van der Waals surface area (Å²) < 4.78 is 13.5. The van der Waals surface area contributed by atoms with E-state index >= 15 is 0 Å². The van der Waals surface area contributed by atoms with Crippen LogP contribution in [0.3, 0.4) is 0 Å². The van der Waals surface area contributed by atoms with E-state index in [9.17, 15) is 4.39 Å². The van der Waals surface area contributed by atoms with Crippen LogP contribution in [0.25, 0.3) is 10.4 Å². The molecule has 1 aromatic heterocycles. The molecule has 0 saturated heterocycles. The molecule has 0 radical (unpaired) electrons. The summed E-state index contributed by atoms with van der Waals surface area (Å²) in [6.07, 6.45) is 0. The van der Waals surface area contributed by atoms with Crippen molar-refractivity contribution in [1.82, 2.24) is 4.98 Å². The molecule has 1 atom stereocenters. The molecule has 1 unspecified atom stereocenters. The van der Waals surface area contributed by atoms with Gasteiger partial charge in [-0.05, 0) is 35.7 Å². The maximum absolute atomic E-state index is 13.5. The lowest BCUT2D eigenvalue weighted by Crippen LogP contribution is -2.05. The standard InChI is InChI=1S/C23H18FNS/c1-16-25-22(23(26-16)19-10-6-3-7-11-19)21(17-8-4-2-5-9-17)18-12-14-20(24)15-13-18/h2-15,21H,1H3. The number of rotatable bonds is 4. The third kappa shape index (κ3) is 3.31. The van der Waals surface area contributed by atoms with E-state index in [0.717, 1.165) is 27.4 Å². The molecule has 128 valence electrons. The Kier molecular flexibility index (Phi) is 4.63. The van der Waals surface area contributed by atoms with E-state index < -0.39 is 0 Å². The monoisotopic (exact) mass is 359 g/mol. The molecule has 4 aromatic rings. The van der Waals surface area contributed by atoms with Crippen LogP contribution in [0.2, 0.25) is 0 Å². The maximum atomic E-state index is 13.5. The number of hydrogen-bond donors (Lipinski definition) is 0. The van der Waals surface area contributed by atoms with Crippen molar-refractivity contribution in [2.24, 2.45) is 0 Å². The number of thiazole rings is 1. The average Bonchev–Trinajstić information content (AvgIpc) is 3.06. The molecule has 0 aliphatic carbocycles. The zero-order valence-electron chi connectivity index (χ0n) is 14.4. The van der Waals surface area contributed by atoms with Crippen LogP contribution < -0.4 is 0 Å². The van der Waals surface area contributed by atoms with Crippen molar-refractivity contribution >= 4 is 11.3 Å². The smallest absolute Gasteiger partial charge is 0.123 e. The third-order valence-electron chi connectivity index (χ3n) is 4.41. The first-order valence-electron chi connectivity index (χ1n) is 8.55. The van der Waals surface area contributed by atoms with Crippen LogP contribution in [0, 0.1) is 12.7 Å². The van der Waals surface area contributed by atoms with Crippen molar-refractivity contribution in [3.63, 3.8) is 0 Å². The lowest BCUT2D eigenvalue weighted by molar-refractivity contribution is 0.626. The zero-order chi connectivity index (χ0) is 17.9. The Morgan fingerprint density at radius 1 is 0.769 bits per heavy atom. The minimum atomic E-state index is -0.224. The minimum absolute atomic E-state index is 0.0306. The molecule has 0 aliphatic rings. The predicted octanol–water partition coefficient (Wildman–Crippen LogP) is 6.44. The molecular formula is C23H18FNS. The fourth-order valence-electron chi connectivity index (χ4n) is 3.24. The number of hydrogen-bond acceptors (Lipinski definition) is 2. The van der Waals surface area contributed by atoms with Gasteiger partial charge in [0.2, 0.25) is 0 Å². The van der Waals surface area contributed by atoms with Gasteiger partial charge in [-0.1, -0.05) is 72.8 Å². The normalized spacial score (nSPS) is 12.1. The molecule has 3 aromatic carbocycles. The quantitative estimate of drug-likeness (QED) is 0.409. The maximum Gasteiger partial charge on any atom is 0.123 e. The number of aromatic nitrogens is 1. The van der Waals surface area contributed by atoms with Crippen LogP contribution in [0.5, 0.6) is 0 Å². The number of benzene rings is 3. The van der Waals surface area contributed by atoms with Gasteiger partial charge >= 0.3 is 0 Å². The van der Waals surface area contributed by atoms with Crippen molar-refractivity contribution < 1.29 is 4.39 Å². The number of aryl methyl sites for hydroxylation is 1. The van der Waals surface area contributed by atoms with E-state index in [1.54, 1.807) is 11.3 Å². The Hall–Kier alpha value is -2.78. The van der Waals surface area contributed by atoms with Gasteiger partial charge < -0.3 is 0 Å². The van der Waals surface area contributed by atoms with Gasteiger partial charge in [0.05, 0.1) is 21.5 Å². The summed E-state index contributed by atoms with van der Waals surface area (Å²) in [6, 6.07) is 27.4. The molecule has 4 rings (SSSR count). The van der Waals surface area contributed by atoms with Gasteiger partial charge in [0.1, 0.15) is 5.82 Å². The van der Waals surface area contributed by atoms with E-state index in [1.165, 1.54) is 17.0 Å². The molecule has 1 heterocycles. The largest absolute Gasteiger partial charge is 0.245 e. The van der Waals surface area contributed by atoms with Gasteiger partial charge in [-0.3, -0.25) is 0 Å². The Labute approximate surface area is 156 Å². The summed E-state index contributed by atoms with van der Waals surface area (Å²) in [6.45, 7) is 2.04. The van der Waals surface area contributed by atoms with Crippen molar-refractivity contribution in [3.8, 4) is 10.4 Å². The second kappa shape index (κ2) is 7.22. The molecule has 0 aliphatic heterocycles. The summed E-state index contributed by atoms with van der Waals surface area (Å²) in [5, 5.41) is 1.03. The van der Waals surface area contributed by atoms with E-state index in [1.807, 2.05) is 55.5 Å². The summed E-state index contributed by atoms with van der Waals surface area (Å²) in [4.78, 5) is 6.06. The van der Waals surface area contributed by atoms with Crippen LogP contribution in [-0.2, 0) is 0 Å². The van der Waals surface area contributed by atoms with Gasteiger partial charge in [0, 0.05) is 0 Å². The fraction of sp³-hybridized carbons (Fsp3) is 0.0870. The molecule has 0 saturated carbocycles. The molecule has 26 heavy (non-hydrogen) atoms. The SMILES string of the molecule is Cc1nc(C(c2ccccc2)c2ccc(F)cc2)c(-c2ccccc2)s1. The molecule has 0 bridgehead atoms. The Morgan fingerprint density at radius 3 is 2.00 bits per heavy atom. The van der Waals surface area contributed by atoms with Crippen molar-refractivity contribution in [1.29, 1.82) is 0 Å².